The molecule has 1 aromatic rings. The van der Waals surface area contributed by atoms with Gasteiger partial charge in [-0.15, -0.1) is 10.2 Å². The van der Waals surface area contributed by atoms with Crippen molar-refractivity contribution in [1.29, 1.82) is 0 Å². The van der Waals surface area contributed by atoms with Crippen LogP contribution in [-0.4, -0.2) is 41.9 Å². The Labute approximate surface area is 120 Å². The number of anilines is 1. The normalized spacial score (nSPS) is 12.2. The molecule has 0 radical (unpaired) electrons. The lowest BCUT2D eigenvalue weighted by atomic mass is 10.1. The third-order valence-electron chi connectivity index (χ3n) is 2.87. The van der Waals surface area contributed by atoms with Gasteiger partial charge in [-0.2, -0.15) is 0 Å². The summed E-state index contributed by atoms with van der Waals surface area (Å²) in [6.45, 7) is 9.95. The van der Waals surface area contributed by atoms with Gasteiger partial charge in [-0.3, -0.25) is 4.79 Å². The van der Waals surface area contributed by atoms with Crippen molar-refractivity contribution in [3.63, 3.8) is 0 Å². The minimum Gasteiger partial charge on any atom is -0.380 e. The minimum absolute atomic E-state index is 0.166. The van der Waals surface area contributed by atoms with E-state index in [1.807, 2.05) is 13.8 Å². The maximum Gasteiger partial charge on any atom is 0.271 e. The average molecular weight is 280 g/mol. The Kier molecular flexibility index (Phi) is 6.93. The summed E-state index contributed by atoms with van der Waals surface area (Å²) < 4.78 is 5.45. The lowest BCUT2D eigenvalue weighted by Crippen LogP contribution is -2.31. The Balaban J connectivity index is 2.65. The molecular weight excluding hydrogens is 256 g/mol. The summed E-state index contributed by atoms with van der Waals surface area (Å²) in [5, 5.41) is 13.9. The molecule has 1 heterocycles. The number of nitrogens with zero attached hydrogens (tertiary/aromatic N) is 2. The third-order valence-corrected chi connectivity index (χ3v) is 2.87. The van der Waals surface area contributed by atoms with Crippen molar-refractivity contribution in [2.75, 3.05) is 25.1 Å². The number of hydrogen-bond acceptors (Lipinski definition) is 5. The van der Waals surface area contributed by atoms with Gasteiger partial charge in [0.15, 0.2) is 5.69 Å². The Morgan fingerprint density at radius 3 is 2.55 bits per heavy atom. The highest BCUT2D eigenvalue weighted by atomic mass is 16.5. The number of nitrogens with one attached hydrogen (secondary N) is 2. The summed E-state index contributed by atoms with van der Waals surface area (Å²) in [4.78, 5) is 11.6. The van der Waals surface area contributed by atoms with E-state index in [1.54, 1.807) is 12.1 Å². The van der Waals surface area contributed by atoms with Crippen LogP contribution in [0.3, 0.4) is 0 Å². The van der Waals surface area contributed by atoms with Crippen LogP contribution in [0.15, 0.2) is 12.1 Å². The fourth-order valence-electron chi connectivity index (χ4n) is 1.62. The number of amides is 1. The van der Waals surface area contributed by atoms with Gasteiger partial charge < -0.3 is 15.4 Å². The molecule has 2 N–H and O–H groups in total. The number of carbonyl (C=O) groups excluding carboxylic acids is 1. The molecule has 1 rings (SSSR count). The SMILES string of the molecule is CCNC(=O)c1ccc(NC(COCC)C(C)C)nn1. The van der Waals surface area contributed by atoms with Crippen LogP contribution in [0.5, 0.6) is 0 Å². The van der Waals surface area contributed by atoms with E-state index in [0.717, 1.165) is 0 Å². The minimum atomic E-state index is -0.207. The Hall–Kier alpha value is -1.69. The quantitative estimate of drug-likeness (QED) is 0.758. The molecule has 0 aliphatic heterocycles. The summed E-state index contributed by atoms with van der Waals surface area (Å²) in [6, 6.07) is 3.59. The zero-order valence-corrected chi connectivity index (χ0v) is 12.6. The van der Waals surface area contributed by atoms with Crippen LogP contribution in [0.1, 0.15) is 38.2 Å². The van der Waals surface area contributed by atoms with Crippen LogP contribution in [0.4, 0.5) is 5.82 Å². The summed E-state index contributed by atoms with van der Waals surface area (Å²) in [7, 11) is 0. The van der Waals surface area contributed by atoms with Gasteiger partial charge in [-0.05, 0) is 31.9 Å². The van der Waals surface area contributed by atoms with E-state index < -0.39 is 0 Å². The molecule has 1 unspecified atom stereocenters. The molecule has 0 saturated carbocycles. The standard InChI is InChI=1S/C14H24N4O2/c1-5-15-14(19)11-7-8-13(18-17-11)16-12(10(3)4)9-20-6-2/h7-8,10,12H,5-6,9H2,1-4H3,(H,15,19)(H,16,18). The van der Waals surface area contributed by atoms with Crippen molar-refractivity contribution in [3.8, 4) is 0 Å². The summed E-state index contributed by atoms with van der Waals surface area (Å²) in [5.74, 6) is 0.851. The van der Waals surface area contributed by atoms with E-state index in [0.29, 0.717) is 37.2 Å². The lowest BCUT2D eigenvalue weighted by Gasteiger charge is -2.22. The largest absolute Gasteiger partial charge is 0.380 e. The predicted octanol–water partition coefficient (Wildman–Crippen LogP) is 1.70. The van der Waals surface area contributed by atoms with Crippen LogP contribution in [-0.2, 0) is 4.74 Å². The average Bonchev–Trinajstić information content (AvgIpc) is 2.44. The highest BCUT2D eigenvalue weighted by Gasteiger charge is 2.14. The molecule has 0 aromatic carbocycles. The first-order valence-corrected chi connectivity index (χ1v) is 7.04. The van der Waals surface area contributed by atoms with Gasteiger partial charge in [0, 0.05) is 13.2 Å². The summed E-state index contributed by atoms with van der Waals surface area (Å²) >= 11 is 0. The van der Waals surface area contributed by atoms with Crippen LogP contribution < -0.4 is 10.6 Å². The van der Waals surface area contributed by atoms with Gasteiger partial charge in [-0.1, -0.05) is 13.8 Å². The molecule has 1 amide bonds. The van der Waals surface area contributed by atoms with Crippen LogP contribution in [0.2, 0.25) is 0 Å². The topological polar surface area (TPSA) is 76.1 Å². The lowest BCUT2D eigenvalue weighted by molar-refractivity contribution is 0.0950. The van der Waals surface area contributed by atoms with Crippen molar-refractivity contribution >= 4 is 11.7 Å². The molecule has 0 saturated heterocycles. The molecule has 1 aromatic heterocycles. The maximum atomic E-state index is 11.6. The van der Waals surface area contributed by atoms with Crippen molar-refractivity contribution in [2.45, 2.75) is 33.7 Å². The monoisotopic (exact) mass is 280 g/mol. The second-order valence-corrected chi connectivity index (χ2v) is 4.82. The van der Waals surface area contributed by atoms with E-state index in [-0.39, 0.29) is 11.9 Å². The Morgan fingerprint density at radius 2 is 2.05 bits per heavy atom. The molecule has 20 heavy (non-hydrogen) atoms. The number of rotatable bonds is 8. The molecule has 0 bridgehead atoms. The number of aromatic nitrogens is 2. The summed E-state index contributed by atoms with van der Waals surface area (Å²) in [6.07, 6.45) is 0. The fraction of sp³-hybridized carbons (Fsp3) is 0.643. The van der Waals surface area contributed by atoms with E-state index >= 15 is 0 Å². The highest BCUT2D eigenvalue weighted by molar-refractivity contribution is 5.92. The van der Waals surface area contributed by atoms with Gasteiger partial charge in [0.05, 0.1) is 12.6 Å². The van der Waals surface area contributed by atoms with Gasteiger partial charge in [0.25, 0.3) is 5.91 Å². The summed E-state index contributed by atoms with van der Waals surface area (Å²) in [5.41, 5.74) is 0.323. The number of carbonyl (C=O) groups is 1. The molecule has 0 aliphatic rings. The fourth-order valence-corrected chi connectivity index (χ4v) is 1.62. The molecule has 6 heteroatoms. The first-order chi connectivity index (χ1) is 9.58. The van der Waals surface area contributed by atoms with Gasteiger partial charge in [0.2, 0.25) is 0 Å². The zero-order valence-electron chi connectivity index (χ0n) is 12.6. The molecule has 0 fully saturated rings. The second kappa shape index (κ2) is 8.47. The van der Waals surface area contributed by atoms with Gasteiger partial charge in [-0.25, -0.2) is 0 Å². The molecule has 0 aliphatic carbocycles. The first-order valence-electron chi connectivity index (χ1n) is 7.04. The highest BCUT2D eigenvalue weighted by Crippen LogP contribution is 2.10. The first kappa shape index (κ1) is 16.4. The molecular formula is C14H24N4O2. The van der Waals surface area contributed by atoms with Crippen LogP contribution >= 0.6 is 0 Å². The predicted molar refractivity (Wildman–Crippen MR) is 78.8 cm³/mol. The maximum absolute atomic E-state index is 11.6. The van der Waals surface area contributed by atoms with Gasteiger partial charge in [0.1, 0.15) is 5.82 Å². The Morgan fingerprint density at radius 1 is 1.30 bits per heavy atom. The number of ether oxygens (including phenoxy) is 1. The van der Waals surface area contributed by atoms with E-state index in [2.05, 4.69) is 34.7 Å². The van der Waals surface area contributed by atoms with Crippen molar-refractivity contribution in [2.24, 2.45) is 5.92 Å². The smallest absolute Gasteiger partial charge is 0.271 e. The van der Waals surface area contributed by atoms with E-state index in [4.69, 9.17) is 4.74 Å². The van der Waals surface area contributed by atoms with E-state index in [1.165, 1.54) is 0 Å². The molecule has 112 valence electrons. The van der Waals surface area contributed by atoms with Crippen molar-refractivity contribution < 1.29 is 9.53 Å². The third kappa shape index (κ3) is 5.13. The molecule has 6 nitrogen and oxygen atoms in total. The van der Waals surface area contributed by atoms with Crippen LogP contribution in [0, 0.1) is 5.92 Å². The second-order valence-electron chi connectivity index (χ2n) is 4.82. The van der Waals surface area contributed by atoms with Crippen molar-refractivity contribution in [3.05, 3.63) is 17.8 Å². The number of hydrogen-bond donors (Lipinski definition) is 2. The van der Waals surface area contributed by atoms with Crippen LogP contribution in [0.25, 0.3) is 0 Å². The van der Waals surface area contributed by atoms with Gasteiger partial charge >= 0.3 is 0 Å². The molecule has 0 spiro atoms. The zero-order chi connectivity index (χ0) is 15.0. The van der Waals surface area contributed by atoms with Crippen molar-refractivity contribution in [1.82, 2.24) is 15.5 Å². The van der Waals surface area contributed by atoms with E-state index in [9.17, 15) is 4.79 Å². The molecule has 1 atom stereocenters. The Bertz CT molecular complexity index is 406.